The van der Waals surface area contributed by atoms with Gasteiger partial charge >= 0.3 is 5.97 Å². The SMILES string of the molecule is COC(=O)c1nn2cc(Cl)ccc2c1C=O. The van der Waals surface area contributed by atoms with Crippen LogP contribution in [0.15, 0.2) is 18.3 Å². The van der Waals surface area contributed by atoms with E-state index in [-0.39, 0.29) is 11.3 Å². The fourth-order valence-electron chi connectivity index (χ4n) is 1.41. The Morgan fingerprint density at radius 1 is 1.56 bits per heavy atom. The van der Waals surface area contributed by atoms with Crippen molar-refractivity contribution in [3.05, 3.63) is 34.6 Å². The highest BCUT2D eigenvalue weighted by atomic mass is 35.5. The first kappa shape index (κ1) is 10.6. The molecule has 0 saturated heterocycles. The van der Waals surface area contributed by atoms with Crippen LogP contribution in [0.25, 0.3) is 5.52 Å². The van der Waals surface area contributed by atoms with E-state index < -0.39 is 5.97 Å². The van der Waals surface area contributed by atoms with E-state index in [2.05, 4.69) is 9.84 Å². The summed E-state index contributed by atoms with van der Waals surface area (Å²) in [4.78, 5) is 22.3. The molecule has 0 aliphatic heterocycles. The predicted molar refractivity (Wildman–Crippen MR) is 56.9 cm³/mol. The number of carbonyl (C=O) groups excluding carboxylic acids is 2. The summed E-state index contributed by atoms with van der Waals surface area (Å²) in [6.45, 7) is 0. The topological polar surface area (TPSA) is 60.7 Å². The van der Waals surface area contributed by atoms with Crippen molar-refractivity contribution in [1.82, 2.24) is 9.61 Å². The van der Waals surface area contributed by atoms with Gasteiger partial charge in [0.25, 0.3) is 0 Å². The average Bonchev–Trinajstić information content (AvgIpc) is 2.65. The van der Waals surface area contributed by atoms with E-state index in [1.165, 1.54) is 17.8 Å². The molecule has 0 saturated carbocycles. The first-order valence-electron chi connectivity index (χ1n) is 4.38. The number of esters is 1. The summed E-state index contributed by atoms with van der Waals surface area (Å²) < 4.78 is 5.91. The van der Waals surface area contributed by atoms with Crippen LogP contribution in [0.2, 0.25) is 5.02 Å². The van der Waals surface area contributed by atoms with Crippen molar-refractivity contribution in [1.29, 1.82) is 0 Å². The van der Waals surface area contributed by atoms with Gasteiger partial charge in [-0.1, -0.05) is 11.6 Å². The van der Waals surface area contributed by atoms with Crippen molar-refractivity contribution in [3.8, 4) is 0 Å². The molecule has 6 heteroatoms. The third-order valence-electron chi connectivity index (χ3n) is 2.13. The lowest BCUT2D eigenvalue weighted by Gasteiger charge is -1.93. The molecule has 0 bridgehead atoms. The van der Waals surface area contributed by atoms with E-state index in [0.717, 1.165) is 0 Å². The largest absolute Gasteiger partial charge is 0.464 e. The molecule has 16 heavy (non-hydrogen) atoms. The molecule has 0 amide bonds. The number of pyridine rings is 1. The third-order valence-corrected chi connectivity index (χ3v) is 2.35. The number of rotatable bonds is 2. The molecule has 2 aromatic heterocycles. The minimum absolute atomic E-state index is 0.0141. The first-order chi connectivity index (χ1) is 7.67. The number of fused-ring (bicyclic) bond motifs is 1. The Bertz CT molecular complexity index is 577. The van der Waals surface area contributed by atoms with Gasteiger partial charge in [0.15, 0.2) is 12.0 Å². The maximum Gasteiger partial charge on any atom is 0.359 e. The number of nitrogens with zero attached hydrogens (tertiary/aromatic N) is 2. The van der Waals surface area contributed by atoms with E-state index in [4.69, 9.17) is 11.6 Å². The number of aldehydes is 1. The van der Waals surface area contributed by atoms with Crippen molar-refractivity contribution in [2.24, 2.45) is 0 Å². The summed E-state index contributed by atoms with van der Waals surface area (Å²) in [5.41, 5.74) is 0.697. The van der Waals surface area contributed by atoms with Crippen molar-refractivity contribution in [3.63, 3.8) is 0 Å². The Kier molecular flexibility index (Phi) is 2.62. The zero-order chi connectivity index (χ0) is 11.7. The Balaban J connectivity index is 2.75. The molecule has 0 radical (unpaired) electrons. The van der Waals surface area contributed by atoms with E-state index in [1.54, 1.807) is 12.1 Å². The van der Waals surface area contributed by atoms with Crippen molar-refractivity contribution in [2.45, 2.75) is 0 Å². The summed E-state index contributed by atoms with van der Waals surface area (Å²) >= 11 is 5.77. The molecule has 82 valence electrons. The van der Waals surface area contributed by atoms with E-state index in [1.807, 2.05) is 0 Å². The fourth-order valence-corrected chi connectivity index (χ4v) is 1.56. The predicted octanol–water partition coefficient (Wildman–Crippen LogP) is 1.59. The van der Waals surface area contributed by atoms with Crippen LogP contribution in [0.4, 0.5) is 0 Å². The Morgan fingerprint density at radius 2 is 2.31 bits per heavy atom. The molecule has 0 spiro atoms. The maximum absolute atomic E-state index is 11.4. The number of carbonyl (C=O) groups is 2. The zero-order valence-electron chi connectivity index (χ0n) is 8.31. The van der Waals surface area contributed by atoms with Gasteiger partial charge in [-0.05, 0) is 12.1 Å². The van der Waals surface area contributed by atoms with Crippen LogP contribution in [0.1, 0.15) is 20.8 Å². The number of hydrogen-bond acceptors (Lipinski definition) is 4. The molecule has 2 heterocycles. The molecular weight excluding hydrogens is 232 g/mol. The van der Waals surface area contributed by atoms with Gasteiger partial charge in [0.2, 0.25) is 0 Å². The molecule has 0 fully saturated rings. The molecule has 5 nitrogen and oxygen atoms in total. The molecular formula is C10H7ClN2O3. The third kappa shape index (κ3) is 1.55. The Labute approximate surface area is 95.6 Å². The smallest absolute Gasteiger partial charge is 0.359 e. The molecule has 0 aromatic carbocycles. The van der Waals surface area contributed by atoms with Gasteiger partial charge in [-0.25, -0.2) is 9.31 Å². The molecule has 2 aromatic rings. The number of hydrogen-bond donors (Lipinski definition) is 0. The van der Waals surface area contributed by atoms with Gasteiger partial charge in [0, 0.05) is 6.20 Å². The summed E-state index contributed by atoms with van der Waals surface area (Å²) in [6, 6.07) is 3.23. The van der Waals surface area contributed by atoms with Crippen molar-refractivity contribution in [2.75, 3.05) is 7.11 Å². The van der Waals surface area contributed by atoms with Gasteiger partial charge in [-0.3, -0.25) is 4.79 Å². The summed E-state index contributed by atoms with van der Waals surface area (Å²) in [5.74, 6) is -0.651. The molecule has 0 N–H and O–H groups in total. The van der Waals surface area contributed by atoms with Crippen LogP contribution in [-0.4, -0.2) is 29.0 Å². The number of halogens is 1. The van der Waals surface area contributed by atoms with Gasteiger partial charge in [-0.2, -0.15) is 5.10 Å². The normalized spacial score (nSPS) is 10.4. The Hall–Kier alpha value is -1.88. The lowest BCUT2D eigenvalue weighted by atomic mass is 10.2. The van der Waals surface area contributed by atoms with Gasteiger partial charge < -0.3 is 4.74 Å². The second kappa shape index (κ2) is 3.94. The molecule has 0 atom stereocenters. The van der Waals surface area contributed by atoms with Crippen LogP contribution >= 0.6 is 11.6 Å². The molecule has 0 aliphatic carbocycles. The summed E-state index contributed by atoms with van der Waals surface area (Å²) in [6.07, 6.45) is 2.08. The van der Waals surface area contributed by atoms with E-state index >= 15 is 0 Å². The molecule has 0 unspecified atom stereocenters. The highest BCUT2D eigenvalue weighted by molar-refractivity contribution is 6.30. The second-order valence-corrected chi connectivity index (χ2v) is 3.49. The van der Waals surface area contributed by atoms with Crippen LogP contribution in [0, 0.1) is 0 Å². The number of aromatic nitrogens is 2. The highest BCUT2D eigenvalue weighted by Gasteiger charge is 2.19. The Morgan fingerprint density at radius 3 is 2.94 bits per heavy atom. The van der Waals surface area contributed by atoms with Crippen LogP contribution in [-0.2, 0) is 4.74 Å². The van der Waals surface area contributed by atoms with E-state index in [0.29, 0.717) is 16.8 Å². The lowest BCUT2D eigenvalue weighted by molar-refractivity contribution is 0.0591. The molecule has 2 rings (SSSR count). The van der Waals surface area contributed by atoms with E-state index in [9.17, 15) is 9.59 Å². The quantitative estimate of drug-likeness (QED) is 0.589. The minimum Gasteiger partial charge on any atom is -0.464 e. The monoisotopic (exact) mass is 238 g/mol. The van der Waals surface area contributed by atoms with Gasteiger partial charge in [-0.15, -0.1) is 0 Å². The summed E-state index contributed by atoms with van der Waals surface area (Å²) in [7, 11) is 1.23. The number of ether oxygens (including phenoxy) is 1. The second-order valence-electron chi connectivity index (χ2n) is 3.05. The maximum atomic E-state index is 11.4. The van der Waals surface area contributed by atoms with Gasteiger partial charge in [0.1, 0.15) is 0 Å². The standard InChI is InChI=1S/C10H7ClN2O3/c1-16-10(15)9-7(5-14)8-3-2-6(11)4-13(8)12-9/h2-5H,1H3. The van der Waals surface area contributed by atoms with Crippen LogP contribution in [0.5, 0.6) is 0 Å². The fraction of sp³-hybridized carbons (Fsp3) is 0.100. The number of methoxy groups -OCH3 is 1. The minimum atomic E-state index is -0.651. The first-order valence-corrected chi connectivity index (χ1v) is 4.76. The van der Waals surface area contributed by atoms with Crippen LogP contribution < -0.4 is 0 Å². The van der Waals surface area contributed by atoms with Crippen molar-refractivity contribution >= 4 is 29.4 Å². The average molecular weight is 239 g/mol. The van der Waals surface area contributed by atoms with Crippen LogP contribution in [0.3, 0.4) is 0 Å². The highest BCUT2D eigenvalue weighted by Crippen LogP contribution is 2.17. The van der Waals surface area contributed by atoms with Crippen molar-refractivity contribution < 1.29 is 14.3 Å². The molecule has 0 aliphatic rings. The lowest BCUT2D eigenvalue weighted by Crippen LogP contribution is -2.04. The van der Waals surface area contributed by atoms with Gasteiger partial charge in [0.05, 0.1) is 23.2 Å². The summed E-state index contributed by atoms with van der Waals surface area (Å²) in [5, 5.41) is 4.40. The zero-order valence-corrected chi connectivity index (χ0v) is 9.06.